The number of aryl methyl sites for hydroxylation is 1. The van der Waals surface area contributed by atoms with Crippen molar-refractivity contribution in [3.8, 4) is 0 Å². The summed E-state index contributed by atoms with van der Waals surface area (Å²) in [5.74, 6) is 0.602. The molecule has 3 heteroatoms. The molecular formula is C16H21N3. The summed E-state index contributed by atoms with van der Waals surface area (Å²) in [5.41, 5.74) is 9.57. The van der Waals surface area contributed by atoms with Crippen molar-refractivity contribution in [3.63, 3.8) is 0 Å². The Labute approximate surface area is 114 Å². The van der Waals surface area contributed by atoms with E-state index in [-0.39, 0.29) is 0 Å². The lowest BCUT2D eigenvalue weighted by molar-refractivity contribution is 0.319. The van der Waals surface area contributed by atoms with Crippen LogP contribution in [0.5, 0.6) is 0 Å². The Morgan fingerprint density at radius 2 is 2.11 bits per heavy atom. The summed E-state index contributed by atoms with van der Waals surface area (Å²) in [7, 11) is 0. The first-order valence-corrected chi connectivity index (χ1v) is 6.96. The van der Waals surface area contributed by atoms with E-state index in [9.17, 15) is 0 Å². The van der Waals surface area contributed by atoms with Crippen molar-refractivity contribution in [2.24, 2.45) is 11.7 Å². The van der Waals surface area contributed by atoms with Gasteiger partial charge in [0.1, 0.15) is 0 Å². The van der Waals surface area contributed by atoms with Gasteiger partial charge in [0.15, 0.2) is 0 Å². The maximum absolute atomic E-state index is 6.08. The fourth-order valence-corrected chi connectivity index (χ4v) is 2.86. The van der Waals surface area contributed by atoms with Gasteiger partial charge >= 0.3 is 0 Å². The van der Waals surface area contributed by atoms with Gasteiger partial charge < -0.3 is 5.73 Å². The molecule has 0 bridgehead atoms. The topological polar surface area (TPSA) is 42.1 Å². The van der Waals surface area contributed by atoms with Crippen molar-refractivity contribution in [1.82, 2.24) is 9.88 Å². The minimum Gasteiger partial charge on any atom is -0.326 e. The van der Waals surface area contributed by atoms with E-state index in [2.05, 4.69) is 47.1 Å². The molecule has 0 spiro atoms. The first kappa shape index (κ1) is 12.6. The second-order valence-electron chi connectivity index (χ2n) is 5.81. The van der Waals surface area contributed by atoms with Crippen LogP contribution in [-0.2, 0) is 6.54 Å². The van der Waals surface area contributed by atoms with Crippen LogP contribution < -0.4 is 5.73 Å². The van der Waals surface area contributed by atoms with Gasteiger partial charge in [-0.2, -0.15) is 0 Å². The normalized spacial score (nSPS) is 24.2. The SMILES string of the molecule is Cc1ccc2cc(CN3CC(C)C(N)C3)ccc2n1. The zero-order valence-corrected chi connectivity index (χ0v) is 11.6. The van der Waals surface area contributed by atoms with Crippen molar-refractivity contribution in [2.45, 2.75) is 26.4 Å². The van der Waals surface area contributed by atoms with E-state index in [0.717, 1.165) is 30.8 Å². The second kappa shape index (κ2) is 4.91. The maximum Gasteiger partial charge on any atom is 0.0705 e. The minimum absolute atomic E-state index is 0.324. The summed E-state index contributed by atoms with van der Waals surface area (Å²) in [5, 5.41) is 1.22. The van der Waals surface area contributed by atoms with Crippen LogP contribution in [0.4, 0.5) is 0 Å². The summed E-state index contributed by atoms with van der Waals surface area (Å²) >= 11 is 0. The molecule has 1 fully saturated rings. The molecule has 100 valence electrons. The Balaban J connectivity index is 1.80. The molecule has 2 aromatic rings. The highest BCUT2D eigenvalue weighted by Crippen LogP contribution is 2.20. The summed E-state index contributed by atoms with van der Waals surface area (Å²) in [6.07, 6.45) is 0. The molecule has 0 aliphatic carbocycles. The van der Waals surface area contributed by atoms with Crippen LogP contribution in [0.1, 0.15) is 18.2 Å². The number of hydrogen-bond acceptors (Lipinski definition) is 3. The van der Waals surface area contributed by atoms with Gasteiger partial charge in [0.25, 0.3) is 0 Å². The van der Waals surface area contributed by atoms with Crippen LogP contribution in [0, 0.1) is 12.8 Å². The third kappa shape index (κ3) is 2.62. The molecule has 1 aromatic carbocycles. The predicted octanol–water partition coefficient (Wildman–Crippen LogP) is 2.32. The number of aromatic nitrogens is 1. The van der Waals surface area contributed by atoms with Crippen molar-refractivity contribution >= 4 is 10.9 Å². The third-order valence-corrected chi connectivity index (χ3v) is 4.05. The van der Waals surface area contributed by atoms with Crippen LogP contribution in [0.25, 0.3) is 10.9 Å². The van der Waals surface area contributed by atoms with E-state index in [1.807, 2.05) is 6.92 Å². The number of likely N-dealkylation sites (tertiary alicyclic amines) is 1. The predicted molar refractivity (Wildman–Crippen MR) is 78.9 cm³/mol. The molecule has 1 aliphatic rings. The van der Waals surface area contributed by atoms with E-state index < -0.39 is 0 Å². The highest BCUT2D eigenvalue weighted by Gasteiger charge is 2.26. The number of pyridine rings is 1. The lowest BCUT2D eigenvalue weighted by atomic mass is 10.1. The van der Waals surface area contributed by atoms with Gasteiger partial charge in [0, 0.05) is 36.8 Å². The van der Waals surface area contributed by atoms with Gasteiger partial charge in [0.2, 0.25) is 0 Å². The van der Waals surface area contributed by atoms with Crippen molar-refractivity contribution < 1.29 is 0 Å². The molecule has 2 unspecified atom stereocenters. The van der Waals surface area contributed by atoms with Crippen LogP contribution in [0.3, 0.4) is 0 Å². The molecule has 3 nitrogen and oxygen atoms in total. The molecule has 1 saturated heterocycles. The molecule has 0 radical (unpaired) electrons. The molecule has 19 heavy (non-hydrogen) atoms. The van der Waals surface area contributed by atoms with Gasteiger partial charge in [0.05, 0.1) is 5.52 Å². The third-order valence-electron chi connectivity index (χ3n) is 4.05. The number of nitrogens with two attached hydrogens (primary N) is 1. The number of hydrogen-bond donors (Lipinski definition) is 1. The average molecular weight is 255 g/mol. The first-order valence-electron chi connectivity index (χ1n) is 6.96. The lowest BCUT2D eigenvalue weighted by Gasteiger charge is -2.15. The standard InChI is InChI=1S/C16H21N3/c1-11-8-19(10-15(11)17)9-13-4-6-16-14(7-13)5-3-12(2)18-16/h3-7,11,15H,8-10,17H2,1-2H3. The van der Waals surface area contributed by atoms with Crippen LogP contribution >= 0.6 is 0 Å². The highest BCUT2D eigenvalue weighted by molar-refractivity contribution is 5.79. The van der Waals surface area contributed by atoms with E-state index in [1.165, 1.54) is 10.9 Å². The van der Waals surface area contributed by atoms with E-state index >= 15 is 0 Å². The molecule has 2 atom stereocenters. The Hall–Kier alpha value is -1.45. The van der Waals surface area contributed by atoms with E-state index in [4.69, 9.17) is 5.73 Å². The zero-order chi connectivity index (χ0) is 13.4. The fourth-order valence-electron chi connectivity index (χ4n) is 2.86. The summed E-state index contributed by atoms with van der Waals surface area (Å²) in [6, 6.07) is 11.1. The number of nitrogens with zero attached hydrogens (tertiary/aromatic N) is 2. The molecule has 2 N–H and O–H groups in total. The van der Waals surface area contributed by atoms with E-state index in [1.54, 1.807) is 0 Å². The maximum atomic E-state index is 6.08. The quantitative estimate of drug-likeness (QED) is 0.895. The molecule has 0 saturated carbocycles. The van der Waals surface area contributed by atoms with Gasteiger partial charge in [-0.3, -0.25) is 9.88 Å². The van der Waals surface area contributed by atoms with Crippen LogP contribution in [0.2, 0.25) is 0 Å². The van der Waals surface area contributed by atoms with Crippen LogP contribution in [-0.4, -0.2) is 29.0 Å². The molecular weight excluding hydrogens is 234 g/mol. The smallest absolute Gasteiger partial charge is 0.0705 e. The second-order valence-corrected chi connectivity index (χ2v) is 5.81. The summed E-state index contributed by atoms with van der Waals surface area (Å²) < 4.78 is 0. The monoisotopic (exact) mass is 255 g/mol. The Morgan fingerprint density at radius 1 is 1.26 bits per heavy atom. The molecule has 0 amide bonds. The Morgan fingerprint density at radius 3 is 2.84 bits per heavy atom. The van der Waals surface area contributed by atoms with Crippen molar-refractivity contribution in [1.29, 1.82) is 0 Å². The molecule has 1 aliphatic heterocycles. The first-order chi connectivity index (χ1) is 9.11. The summed E-state index contributed by atoms with van der Waals surface area (Å²) in [6.45, 7) is 7.36. The van der Waals surface area contributed by atoms with Gasteiger partial charge in [-0.05, 0) is 36.6 Å². The average Bonchev–Trinajstić information content (AvgIpc) is 2.68. The minimum atomic E-state index is 0.324. The Bertz CT molecular complexity index is 584. The fraction of sp³-hybridized carbons (Fsp3) is 0.438. The van der Waals surface area contributed by atoms with Crippen molar-refractivity contribution in [3.05, 3.63) is 41.6 Å². The van der Waals surface area contributed by atoms with Gasteiger partial charge in [-0.15, -0.1) is 0 Å². The van der Waals surface area contributed by atoms with Crippen molar-refractivity contribution in [2.75, 3.05) is 13.1 Å². The molecule has 1 aromatic heterocycles. The lowest BCUT2D eigenvalue weighted by Crippen LogP contribution is -2.28. The van der Waals surface area contributed by atoms with E-state index in [0.29, 0.717) is 12.0 Å². The van der Waals surface area contributed by atoms with Crippen LogP contribution in [0.15, 0.2) is 30.3 Å². The highest BCUT2D eigenvalue weighted by atomic mass is 15.2. The van der Waals surface area contributed by atoms with Gasteiger partial charge in [-0.1, -0.05) is 19.1 Å². The zero-order valence-electron chi connectivity index (χ0n) is 11.6. The molecule has 2 heterocycles. The largest absolute Gasteiger partial charge is 0.326 e. The summed E-state index contributed by atoms with van der Waals surface area (Å²) in [4.78, 5) is 6.98. The van der Waals surface area contributed by atoms with Gasteiger partial charge in [-0.25, -0.2) is 0 Å². The number of rotatable bonds is 2. The molecule has 3 rings (SSSR count). The number of fused-ring (bicyclic) bond motifs is 1. The Kier molecular flexibility index (Phi) is 3.25. The number of benzene rings is 1.